The molecule has 0 radical (unpaired) electrons. The Morgan fingerprint density at radius 1 is 1.29 bits per heavy atom. The van der Waals surface area contributed by atoms with Crippen LogP contribution in [-0.2, 0) is 10.7 Å². The molecule has 0 aromatic heterocycles. The lowest BCUT2D eigenvalue weighted by Crippen LogP contribution is -2.23. The van der Waals surface area contributed by atoms with Crippen molar-refractivity contribution < 1.29 is 13.6 Å². The Morgan fingerprint density at radius 2 is 1.93 bits per heavy atom. The minimum absolute atomic E-state index is 0.0121. The molecule has 0 fully saturated rings. The Balaban J connectivity index is 2.71. The fraction of sp³-hybridized carbons (Fsp3) is 0.125. The van der Waals surface area contributed by atoms with E-state index in [1.807, 2.05) is 5.32 Å². The van der Waals surface area contributed by atoms with E-state index in [1.165, 1.54) is 6.07 Å². The SMILES string of the molecule is O=C1Nc2c(Cl)cc(Cl)cc2C1(F)F. The van der Waals surface area contributed by atoms with Gasteiger partial charge in [0.25, 0.3) is 5.91 Å². The molecule has 1 N–H and O–H groups in total. The van der Waals surface area contributed by atoms with Gasteiger partial charge in [0.05, 0.1) is 16.3 Å². The van der Waals surface area contributed by atoms with Gasteiger partial charge in [-0.25, -0.2) is 0 Å². The van der Waals surface area contributed by atoms with E-state index < -0.39 is 17.4 Å². The average Bonchev–Trinajstić information content (AvgIpc) is 2.28. The molecule has 1 aromatic carbocycles. The van der Waals surface area contributed by atoms with Crippen molar-refractivity contribution in [1.29, 1.82) is 0 Å². The van der Waals surface area contributed by atoms with Gasteiger partial charge in [-0.3, -0.25) is 4.79 Å². The smallest absolute Gasteiger partial charge is 0.319 e. The molecule has 1 aromatic rings. The topological polar surface area (TPSA) is 29.1 Å². The molecule has 0 spiro atoms. The monoisotopic (exact) mass is 237 g/mol. The third-order valence-corrected chi connectivity index (χ3v) is 2.43. The Labute approximate surface area is 87.8 Å². The van der Waals surface area contributed by atoms with Crippen LogP contribution in [0.25, 0.3) is 0 Å². The molecular formula is C8H3Cl2F2NO. The normalized spacial score (nSPS) is 17.9. The van der Waals surface area contributed by atoms with Crippen LogP contribution in [0.2, 0.25) is 10.0 Å². The molecule has 0 atom stereocenters. The summed E-state index contributed by atoms with van der Waals surface area (Å²) in [5, 5.41) is 2.09. The highest BCUT2D eigenvalue weighted by Gasteiger charge is 2.49. The fourth-order valence-corrected chi connectivity index (χ4v) is 1.80. The third-order valence-electron chi connectivity index (χ3n) is 1.92. The number of benzene rings is 1. The fourth-order valence-electron chi connectivity index (χ4n) is 1.26. The molecule has 2 nitrogen and oxygen atoms in total. The van der Waals surface area contributed by atoms with E-state index in [-0.39, 0.29) is 15.7 Å². The van der Waals surface area contributed by atoms with Crippen molar-refractivity contribution >= 4 is 34.8 Å². The van der Waals surface area contributed by atoms with Crippen molar-refractivity contribution in [3.63, 3.8) is 0 Å². The highest BCUT2D eigenvalue weighted by Crippen LogP contribution is 2.45. The maximum absolute atomic E-state index is 13.2. The zero-order chi connectivity index (χ0) is 10.5. The van der Waals surface area contributed by atoms with Crippen LogP contribution >= 0.6 is 23.2 Å². The van der Waals surface area contributed by atoms with Crippen LogP contribution in [0.3, 0.4) is 0 Å². The van der Waals surface area contributed by atoms with E-state index >= 15 is 0 Å². The number of carbonyl (C=O) groups is 1. The minimum Gasteiger partial charge on any atom is -0.319 e. The molecule has 0 saturated carbocycles. The molecule has 74 valence electrons. The number of carbonyl (C=O) groups excluding carboxylic acids is 1. The van der Waals surface area contributed by atoms with Gasteiger partial charge >= 0.3 is 5.92 Å². The number of anilines is 1. The van der Waals surface area contributed by atoms with Crippen molar-refractivity contribution in [2.24, 2.45) is 0 Å². The molecule has 2 rings (SSSR count). The van der Waals surface area contributed by atoms with Gasteiger partial charge in [-0.15, -0.1) is 0 Å². The van der Waals surface area contributed by atoms with Gasteiger partial charge in [0.2, 0.25) is 0 Å². The van der Waals surface area contributed by atoms with E-state index in [9.17, 15) is 13.6 Å². The van der Waals surface area contributed by atoms with Crippen LogP contribution in [-0.4, -0.2) is 5.91 Å². The maximum Gasteiger partial charge on any atom is 0.352 e. The summed E-state index contributed by atoms with van der Waals surface area (Å²) >= 11 is 11.2. The van der Waals surface area contributed by atoms with Gasteiger partial charge in [0.1, 0.15) is 0 Å². The predicted molar refractivity (Wildman–Crippen MR) is 49.0 cm³/mol. The summed E-state index contributed by atoms with van der Waals surface area (Å²) in [5.41, 5.74) is -0.536. The van der Waals surface area contributed by atoms with Gasteiger partial charge in [0.15, 0.2) is 0 Å². The molecule has 6 heteroatoms. The standard InChI is InChI=1S/C8H3Cl2F2NO/c9-3-1-4-6(5(10)2-3)13-7(14)8(4,11)12/h1-2H,(H,13,14). The van der Waals surface area contributed by atoms with Gasteiger partial charge in [0, 0.05) is 5.02 Å². The summed E-state index contributed by atoms with van der Waals surface area (Å²) in [6.45, 7) is 0. The van der Waals surface area contributed by atoms with Crippen LogP contribution in [0.5, 0.6) is 0 Å². The highest BCUT2D eigenvalue weighted by atomic mass is 35.5. The summed E-state index contributed by atoms with van der Waals surface area (Å²) in [6, 6.07) is 2.32. The summed E-state index contributed by atoms with van der Waals surface area (Å²) in [5.74, 6) is -4.93. The Kier molecular flexibility index (Phi) is 1.94. The molecule has 0 bridgehead atoms. The molecular weight excluding hydrogens is 235 g/mol. The summed E-state index contributed by atoms with van der Waals surface area (Å²) in [4.78, 5) is 10.9. The number of rotatable bonds is 0. The minimum atomic E-state index is -3.55. The maximum atomic E-state index is 13.2. The molecule has 14 heavy (non-hydrogen) atoms. The van der Waals surface area contributed by atoms with E-state index in [0.29, 0.717) is 0 Å². The first kappa shape index (κ1) is 9.68. The van der Waals surface area contributed by atoms with E-state index in [1.54, 1.807) is 0 Å². The third kappa shape index (κ3) is 1.18. The van der Waals surface area contributed by atoms with Crippen LogP contribution in [0, 0.1) is 0 Å². The summed E-state index contributed by atoms with van der Waals surface area (Å²) < 4.78 is 26.3. The lowest BCUT2D eigenvalue weighted by atomic mass is 10.1. The van der Waals surface area contributed by atoms with Crippen LogP contribution in [0.1, 0.15) is 5.56 Å². The second-order valence-corrected chi connectivity index (χ2v) is 3.68. The largest absolute Gasteiger partial charge is 0.352 e. The molecule has 1 aliphatic heterocycles. The number of nitrogens with one attached hydrogen (secondary N) is 1. The van der Waals surface area contributed by atoms with Crippen molar-refractivity contribution in [1.82, 2.24) is 0 Å². The first-order chi connectivity index (χ1) is 6.43. The lowest BCUT2D eigenvalue weighted by molar-refractivity contribution is -0.139. The second kappa shape index (κ2) is 2.81. The number of hydrogen-bond donors (Lipinski definition) is 1. The number of fused-ring (bicyclic) bond motifs is 1. The van der Waals surface area contributed by atoms with Crippen LogP contribution < -0.4 is 5.32 Å². The lowest BCUT2D eigenvalue weighted by Gasteiger charge is -2.06. The van der Waals surface area contributed by atoms with Gasteiger partial charge in [-0.2, -0.15) is 8.78 Å². The number of amides is 1. The zero-order valence-electron chi connectivity index (χ0n) is 6.57. The van der Waals surface area contributed by atoms with Crippen molar-refractivity contribution in [2.75, 3.05) is 5.32 Å². The average molecular weight is 238 g/mol. The molecule has 0 unspecified atom stereocenters. The zero-order valence-corrected chi connectivity index (χ0v) is 8.09. The van der Waals surface area contributed by atoms with Gasteiger partial charge in [-0.1, -0.05) is 23.2 Å². The summed E-state index contributed by atoms with van der Waals surface area (Å²) in [7, 11) is 0. The number of alkyl halides is 2. The molecule has 1 amide bonds. The van der Waals surface area contributed by atoms with E-state index in [4.69, 9.17) is 23.2 Å². The number of halogens is 4. The van der Waals surface area contributed by atoms with Crippen molar-refractivity contribution in [3.8, 4) is 0 Å². The Bertz CT molecular complexity index is 434. The number of hydrogen-bond acceptors (Lipinski definition) is 1. The summed E-state index contributed by atoms with van der Waals surface area (Å²) in [6.07, 6.45) is 0. The Hall–Kier alpha value is -0.870. The van der Waals surface area contributed by atoms with Crippen molar-refractivity contribution in [2.45, 2.75) is 5.92 Å². The Morgan fingerprint density at radius 3 is 2.57 bits per heavy atom. The van der Waals surface area contributed by atoms with Gasteiger partial charge in [-0.05, 0) is 12.1 Å². The first-order valence-electron chi connectivity index (χ1n) is 3.61. The van der Waals surface area contributed by atoms with E-state index in [0.717, 1.165) is 6.07 Å². The molecule has 0 saturated heterocycles. The molecule has 1 heterocycles. The molecule has 0 aliphatic carbocycles. The van der Waals surface area contributed by atoms with E-state index in [2.05, 4.69) is 0 Å². The quantitative estimate of drug-likeness (QED) is 0.739. The van der Waals surface area contributed by atoms with Crippen LogP contribution in [0.15, 0.2) is 12.1 Å². The van der Waals surface area contributed by atoms with Gasteiger partial charge < -0.3 is 5.32 Å². The predicted octanol–water partition coefficient (Wildman–Crippen LogP) is 3.04. The molecule has 1 aliphatic rings. The first-order valence-corrected chi connectivity index (χ1v) is 4.37. The van der Waals surface area contributed by atoms with Crippen molar-refractivity contribution in [3.05, 3.63) is 27.7 Å². The highest BCUT2D eigenvalue weighted by molar-refractivity contribution is 6.37. The van der Waals surface area contributed by atoms with Crippen LogP contribution in [0.4, 0.5) is 14.5 Å². The second-order valence-electron chi connectivity index (χ2n) is 2.84.